The molecular formula is C20H27ClN2O2S. The summed E-state index contributed by atoms with van der Waals surface area (Å²) >= 11 is 7.52. The van der Waals surface area contributed by atoms with E-state index in [4.69, 9.17) is 16.3 Å². The highest BCUT2D eigenvalue weighted by atomic mass is 35.5. The van der Waals surface area contributed by atoms with E-state index < -0.39 is 0 Å². The summed E-state index contributed by atoms with van der Waals surface area (Å²) in [5.74, 6) is 0.220. The third-order valence-corrected chi connectivity index (χ3v) is 5.58. The van der Waals surface area contributed by atoms with Crippen molar-refractivity contribution < 1.29 is 9.53 Å². The smallest absolute Gasteiger partial charge is 0.315 e. The van der Waals surface area contributed by atoms with Crippen molar-refractivity contribution in [3.8, 4) is 5.88 Å². The Hall–Kier alpha value is -1.46. The van der Waals surface area contributed by atoms with E-state index in [1.165, 1.54) is 11.8 Å². The molecule has 0 aliphatic carbocycles. The Labute approximate surface area is 165 Å². The number of benzene rings is 1. The maximum Gasteiger partial charge on any atom is 0.315 e. The molecule has 2 aromatic rings. The maximum atomic E-state index is 12.6. The summed E-state index contributed by atoms with van der Waals surface area (Å²) in [6.45, 7) is 12.1. The van der Waals surface area contributed by atoms with Crippen LogP contribution in [0.2, 0.25) is 5.02 Å². The summed E-state index contributed by atoms with van der Waals surface area (Å²) in [7, 11) is 0. The summed E-state index contributed by atoms with van der Waals surface area (Å²) in [5, 5.41) is 5.34. The van der Waals surface area contributed by atoms with E-state index in [1.54, 1.807) is 4.68 Å². The van der Waals surface area contributed by atoms with Crippen LogP contribution in [0.25, 0.3) is 0 Å². The number of hydrogen-bond donors (Lipinski definition) is 0. The van der Waals surface area contributed by atoms with E-state index in [0.29, 0.717) is 10.9 Å². The first-order chi connectivity index (χ1) is 12.2. The number of esters is 1. The summed E-state index contributed by atoms with van der Waals surface area (Å²) in [5.41, 5.74) is 0.542. The van der Waals surface area contributed by atoms with Gasteiger partial charge in [-0.15, -0.1) is 0 Å². The third kappa shape index (κ3) is 4.83. The molecule has 0 aliphatic rings. The van der Waals surface area contributed by atoms with Crippen LogP contribution < -0.4 is 4.74 Å². The molecule has 0 N–H and O–H groups in total. The molecule has 0 amide bonds. The zero-order valence-corrected chi connectivity index (χ0v) is 17.9. The average molecular weight is 395 g/mol. The number of carbonyl (C=O) groups excluding carboxylic acids is 1. The van der Waals surface area contributed by atoms with Crippen molar-refractivity contribution in [2.45, 2.75) is 69.7 Å². The van der Waals surface area contributed by atoms with Gasteiger partial charge in [0, 0.05) is 9.92 Å². The number of carbonyl (C=O) groups is 1. The number of aryl methyl sites for hydroxylation is 1. The van der Waals surface area contributed by atoms with Gasteiger partial charge in [0.05, 0.1) is 22.0 Å². The molecule has 6 heteroatoms. The van der Waals surface area contributed by atoms with E-state index in [1.807, 2.05) is 65.8 Å². The second-order valence-electron chi connectivity index (χ2n) is 7.29. The minimum absolute atomic E-state index is 0.105. The normalized spacial score (nSPS) is 11.8. The molecule has 0 saturated heterocycles. The van der Waals surface area contributed by atoms with Gasteiger partial charge in [-0.2, -0.15) is 5.10 Å². The van der Waals surface area contributed by atoms with E-state index in [0.717, 1.165) is 28.3 Å². The van der Waals surface area contributed by atoms with Gasteiger partial charge in [-0.3, -0.25) is 4.79 Å². The monoisotopic (exact) mass is 394 g/mol. The largest absolute Gasteiger partial charge is 0.406 e. The minimum Gasteiger partial charge on any atom is -0.406 e. The molecule has 1 heterocycles. The van der Waals surface area contributed by atoms with Crippen LogP contribution in [0.4, 0.5) is 0 Å². The Morgan fingerprint density at radius 2 is 1.81 bits per heavy atom. The summed E-state index contributed by atoms with van der Waals surface area (Å²) in [6, 6.07) is 7.60. The molecule has 26 heavy (non-hydrogen) atoms. The van der Waals surface area contributed by atoms with E-state index >= 15 is 0 Å². The van der Waals surface area contributed by atoms with Crippen molar-refractivity contribution in [2.24, 2.45) is 5.92 Å². The van der Waals surface area contributed by atoms with E-state index in [2.05, 4.69) is 5.10 Å². The first-order valence-corrected chi connectivity index (χ1v) is 10.1. The minimum atomic E-state index is -0.299. The van der Waals surface area contributed by atoms with Gasteiger partial charge >= 0.3 is 5.97 Å². The second-order valence-corrected chi connectivity index (χ2v) is 8.81. The average Bonchev–Trinajstić information content (AvgIpc) is 2.87. The lowest BCUT2D eigenvalue weighted by atomic mass is 10.0. The zero-order chi connectivity index (χ0) is 19.5. The lowest BCUT2D eigenvalue weighted by Gasteiger charge is -2.23. The quantitative estimate of drug-likeness (QED) is 0.556. The fourth-order valence-electron chi connectivity index (χ4n) is 2.57. The molecule has 0 saturated carbocycles. The molecule has 0 fully saturated rings. The Balaban J connectivity index is 2.44. The van der Waals surface area contributed by atoms with Crippen molar-refractivity contribution in [1.82, 2.24) is 9.78 Å². The third-order valence-electron chi connectivity index (χ3n) is 4.15. The predicted molar refractivity (Wildman–Crippen MR) is 107 cm³/mol. The van der Waals surface area contributed by atoms with Gasteiger partial charge in [0.1, 0.15) is 0 Å². The van der Waals surface area contributed by atoms with Crippen LogP contribution in [-0.2, 0) is 10.3 Å². The Morgan fingerprint density at radius 1 is 1.23 bits per heavy atom. The number of rotatable bonds is 6. The van der Waals surface area contributed by atoms with Gasteiger partial charge in [0.2, 0.25) is 5.88 Å². The molecule has 2 rings (SSSR count). The fourth-order valence-corrected chi connectivity index (χ4v) is 3.61. The van der Waals surface area contributed by atoms with Crippen molar-refractivity contribution >= 4 is 29.3 Å². The van der Waals surface area contributed by atoms with Crippen LogP contribution in [0, 0.1) is 12.8 Å². The van der Waals surface area contributed by atoms with Gasteiger partial charge < -0.3 is 4.74 Å². The first kappa shape index (κ1) is 20.8. The van der Waals surface area contributed by atoms with Crippen LogP contribution in [0.5, 0.6) is 5.88 Å². The molecular weight excluding hydrogens is 368 g/mol. The molecule has 0 bridgehead atoms. The number of ether oxygens (including phenoxy) is 1. The van der Waals surface area contributed by atoms with Gasteiger partial charge in [0.15, 0.2) is 0 Å². The molecule has 0 spiro atoms. The molecule has 0 unspecified atom stereocenters. The number of nitrogens with zero attached hydrogens (tertiary/aromatic N) is 2. The van der Waals surface area contributed by atoms with Gasteiger partial charge in [-0.1, -0.05) is 37.2 Å². The second kappa shape index (κ2) is 8.49. The highest BCUT2D eigenvalue weighted by molar-refractivity contribution is 7.99. The van der Waals surface area contributed by atoms with Crippen LogP contribution in [0.1, 0.15) is 53.2 Å². The van der Waals surface area contributed by atoms with Crippen molar-refractivity contribution in [2.75, 3.05) is 0 Å². The van der Waals surface area contributed by atoms with Crippen molar-refractivity contribution in [3.05, 3.63) is 35.0 Å². The molecule has 1 aromatic heterocycles. The standard InChI is InChI=1S/C20H27ClN2O2S/c1-7-14(8-2)19(24)25-18-17(13(3)22-23(18)20(4,5)6)26-16-11-9-15(21)10-12-16/h9-12,14H,7-8H2,1-6H3. The first-order valence-electron chi connectivity index (χ1n) is 8.92. The van der Waals surface area contributed by atoms with E-state index in [9.17, 15) is 4.79 Å². The number of hydrogen-bond acceptors (Lipinski definition) is 4. The molecule has 142 valence electrons. The number of halogens is 1. The van der Waals surface area contributed by atoms with Crippen molar-refractivity contribution in [1.29, 1.82) is 0 Å². The Bertz CT molecular complexity index is 759. The van der Waals surface area contributed by atoms with Crippen LogP contribution >= 0.6 is 23.4 Å². The Kier molecular flexibility index (Phi) is 6.80. The van der Waals surface area contributed by atoms with Crippen LogP contribution in [0.3, 0.4) is 0 Å². The molecule has 0 atom stereocenters. The molecule has 1 aromatic carbocycles. The number of aromatic nitrogens is 2. The fraction of sp³-hybridized carbons (Fsp3) is 0.500. The maximum absolute atomic E-state index is 12.6. The Morgan fingerprint density at radius 3 is 2.31 bits per heavy atom. The lowest BCUT2D eigenvalue weighted by molar-refractivity contribution is -0.140. The highest BCUT2D eigenvalue weighted by Gasteiger charge is 2.28. The summed E-state index contributed by atoms with van der Waals surface area (Å²) in [4.78, 5) is 14.5. The summed E-state index contributed by atoms with van der Waals surface area (Å²) in [6.07, 6.45) is 1.52. The summed E-state index contributed by atoms with van der Waals surface area (Å²) < 4.78 is 7.68. The highest BCUT2D eigenvalue weighted by Crippen LogP contribution is 2.40. The zero-order valence-electron chi connectivity index (χ0n) is 16.3. The van der Waals surface area contributed by atoms with E-state index in [-0.39, 0.29) is 17.4 Å². The predicted octanol–water partition coefficient (Wildman–Crippen LogP) is 6.09. The lowest BCUT2D eigenvalue weighted by Crippen LogP contribution is -2.27. The molecule has 0 aliphatic heterocycles. The van der Waals surface area contributed by atoms with Crippen LogP contribution in [-0.4, -0.2) is 15.7 Å². The van der Waals surface area contributed by atoms with Gasteiger partial charge in [-0.25, -0.2) is 4.68 Å². The van der Waals surface area contributed by atoms with Gasteiger partial charge in [0.25, 0.3) is 0 Å². The van der Waals surface area contributed by atoms with Gasteiger partial charge in [-0.05, 0) is 64.8 Å². The molecule has 4 nitrogen and oxygen atoms in total. The van der Waals surface area contributed by atoms with Crippen molar-refractivity contribution in [3.63, 3.8) is 0 Å². The topological polar surface area (TPSA) is 44.1 Å². The molecule has 0 radical (unpaired) electrons. The SMILES string of the molecule is CCC(CC)C(=O)Oc1c(Sc2ccc(Cl)cc2)c(C)nn1C(C)(C)C. The van der Waals surface area contributed by atoms with Crippen LogP contribution in [0.15, 0.2) is 34.1 Å².